The monoisotopic (exact) mass is 253 g/mol. The molecule has 0 fully saturated rings. The van der Waals surface area contributed by atoms with Crippen molar-refractivity contribution in [1.82, 2.24) is 9.38 Å². The lowest BCUT2D eigenvalue weighted by atomic mass is 10.1. The summed E-state index contributed by atoms with van der Waals surface area (Å²) in [6, 6.07) is 12.6. The highest BCUT2D eigenvalue weighted by molar-refractivity contribution is 5.95. The number of rotatable bonds is 2. The minimum absolute atomic E-state index is 0.136. The summed E-state index contributed by atoms with van der Waals surface area (Å²) < 4.78 is 1.59. The van der Waals surface area contributed by atoms with Crippen LogP contribution in [0.25, 0.3) is 16.9 Å². The molecular weight excluding hydrogens is 242 g/mol. The van der Waals surface area contributed by atoms with Crippen molar-refractivity contribution < 1.29 is 9.90 Å². The Morgan fingerprint density at radius 1 is 1.16 bits per heavy atom. The highest BCUT2D eigenvalue weighted by atomic mass is 16.4. The molecule has 94 valence electrons. The zero-order valence-electron chi connectivity index (χ0n) is 9.95. The topological polar surface area (TPSA) is 80.6 Å². The average Bonchev–Trinajstić information content (AvgIpc) is 2.77. The number of carbonyl (C=O) groups is 1. The fraction of sp³-hybridized carbons (Fsp3) is 0. The van der Waals surface area contributed by atoms with Gasteiger partial charge in [0.15, 0.2) is 5.65 Å². The third kappa shape index (κ3) is 1.72. The van der Waals surface area contributed by atoms with Gasteiger partial charge in [0, 0.05) is 11.8 Å². The summed E-state index contributed by atoms with van der Waals surface area (Å²) in [5.41, 5.74) is 7.99. The number of aromatic nitrogens is 2. The molecule has 0 bridgehead atoms. The molecule has 2 aromatic heterocycles. The minimum atomic E-state index is -1.02. The first-order valence-corrected chi connectivity index (χ1v) is 5.74. The van der Waals surface area contributed by atoms with Gasteiger partial charge in [0.2, 0.25) is 0 Å². The summed E-state index contributed by atoms with van der Waals surface area (Å²) in [6.45, 7) is 0. The van der Waals surface area contributed by atoms with Crippen molar-refractivity contribution in [2.45, 2.75) is 0 Å². The van der Waals surface area contributed by atoms with E-state index in [1.165, 1.54) is 6.07 Å². The first-order valence-electron chi connectivity index (χ1n) is 5.74. The number of hydrogen-bond acceptors (Lipinski definition) is 3. The van der Waals surface area contributed by atoms with Gasteiger partial charge in [0.25, 0.3) is 0 Å². The quantitative estimate of drug-likeness (QED) is 0.734. The van der Waals surface area contributed by atoms with Crippen molar-refractivity contribution in [2.24, 2.45) is 0 Å². The summed E-state index contributed by atoms with van der Waals surface area (Å²) in [5.74, 6) is -0.584. The van der Waals surface area contributed by atoms with Crippen LogP contribution < -0.4 is 5.73 Å². The molecule has 2 heterocycles. The molecule has 5 heteroatoms. The molecule has 0 aliphatic rings. The zero-order valence-corrected chi connectivity index (χ0v) is 9.95. The molecule has 0 radical (unpaired) electrons. The van der Waals surface area contributed by atoms with Crippen LogP contribution in [0.4, 0.5) is 5.82 Å². The maximum absolute atomic E-state index is 11.2. The molecule has 1 aromatic carbocycles. The van der Waals surface area contributed by atoms with E-state index in [0.29, 0.717) is 17.2 Å². The van der Waals surface area contributed by atoms with E-state index < -0.39 is 5.97 Å². The second-order valence-electron chi connectivity index (χ2n) is 4.13. The highest BCUT2D eigenvalue weighted by Gasteiger charge is 2.16. The summed E-state index contributed by atoms with van der Waals surface area (Å²) >= 11 is 0. The van der Waals surface area contributed by atoms with E-state index in [4.69, 9.17) is 10.8 Å². The molecule has 5 nitrogen and oxygen atoms in total. The second-order valence-corrected chi connectivity index (χ2v) is 4.13. The van der Waals surface area contributed by atoms with Gasteiger partial charge in [-0.25, -0.2) is 9.78 Å². The SMILES string of the molecule is Nc1c(-c2ccccc2)nc2c(C(=O)O)cccn12. The average molecular weight is 253 g/mol. The van der Waals surface area contributed by atoms with Gasteiger partial charge in [-0.1, -0.05) is 30.3 Å². The number of aromatic carboxylic acids is 1. The van der Waals surface area contributed by atoms with Crippen LogP contribution >= 0.6 is 0 Å². The molecule has 0 amide bonds. The normalized spacial score (nSPS) is 10.7. The van der Waals surface area contributed by atoms with Crippen LogP contribution in [0.3, 0.4) is 0 Å². The molecule has 0 atom stereocenters. The van der Waals surface area contributed by atoms with Crippen LogP contribution in [0.15, 0.2) is 48.7 Å². The number of nitrogens with two attached hydrogens (primary N) is 1. The van der Waals surface area contributed by atoms with Gasteiger partial charge in [-0.3, -0.25) is 4.40 Å². The minimum Gasteiger partial charge on any atom is -0.478 e. The van der Waals surface area contributed by atoms with Crippen LogP contribution in [0.5, 0.6) is 0 Å². The van der Waals surface area contributed by atoms with E-state index in [1.807, 2.05) is 30.3 Å². The van der Waals surface area contributed by atoms with E-state index in [-0.39, 0.29) is 5.56 Å². The maximum atomic E-state index is 11.2. The first kappa shape index (κ1) is 11.3. The van der Waals surface area contributed by atoms with Crippen molar-refractivity contribution >= 4 is 17.4 Å². The van der Waals surface area contributed by atoms with Gasteiger partial charge in [-0.05, 0) is 12.1 Å². The lowest BCUT2D eigenvalue weighted by Crippen LogP contribution is -2.01. The standard InChI is InChI=1S/C14H11N3O2/c15-12-11(9-5-2-1-3-6-9)16-13-10(14(18)19)7-4-8-17(12)13/h1-8H,15H2,(H,18,19). The fourth-order valence-corrected chi connectivity index (χ4v) is 2.06. The Bertz CT molecular complexity index is 763. The van der Waals surface area contributed by atoms with Crippen molar-refractivity contribution in [3.8, 4) is 11.3 Å². The number of benzene rings is 1. The summed E-state index contributed by atoms with van der Waals surface area (Å²) in [7, 11) is 0. The maximum Gasteiger partial charge on any atom is 0.339 e. The summed E-state index contributed by atoms with van der Waals surface area (Å²) in [5, 5.41) is 9.16. The van der Waals surface area contributed by atoms with Gasteiger partial charge in [-0.15, -0.1) is 0 Å². The molecule has 0 saturated heterocycles. The number of carboxylic acid groups (broad SMARTS) is 1. The molecule has 0 saturated carbocycles. The summed E-state index contributed by atoms with van der Waals surface area (Å²) in [4.78, 5) is 15.5. The molecule has 3 aromatic rings. The molecule has 0 unspecified atom stereocenters. The third-order valence-corrected chi connectivity index (χ3v) is 2.96. The lowest BCUT2D eigenvalue weighted by Gasteiger charge is -1.99. The Morgan fingerprint density at radius 3 is 2.58 bits per heavy atom. The van der Waals surface area contributed by atoms with Gasteiger partial charge < -0.3 is 10.8 Å². The zero-order chi connectivity index (χ0) is 13.4. The predicted molar refractivity (Wildman–Crippen MR) is 72.0 cm³/mol. The highest BCUT2D eigenvalue weighted by Crippen LogP contribution is 2.27. The van der Waals surface area contributed by atoms with Crippen LogP contribution in [0.2, 0.25) is 0 Å². The second kappa shape index (κ2) is 4.13. The Balaban J connectivity index is 2.32. The van der Waals surface area contributed by atoms with E-state index in [9.17, 15) is 4.79 Å². The predicted octanol–water partition coefficient (Wildman–Crippen LogP) is 2.28. The van der Waals surface area contributed by atoms with E-state index in [1.54, 1.807) is 16.7 Å². The van der Waals surface area contributed by atoms with Crippen molar-refractivity contribution in [3.05, 3.63) is 54.2 Å². The smallest absolute Gasteiger partial charge is 0.339 e. The molecule has 19 heavy (non-hydrogen) atoms. The number of carboxylic acids is 1. The van der Waals surface area contributed by atoms with Crippen molar-refractivity contribution in [2.75, 3.05) is 5.73 Å². The Morgan fingerprint density at radius 2 is 1.89 bits per heavy atom. The largest absolute Gasteiger partial charge is 0.478 e. The number of hydrogen-bond donors (Lipinski definition) is 2. The van der Waals surface area contributed by atoms with Crippen LogP contribution in [-0.2, 0) is 0 Å². The van der Waals surface area contributed by atoms with E-state index in [2.05, 4.69) is 4.98 Å². The van der Waals surface area contributed by atoms with Crippen LogP contribution in [0, 0.1) is 0 Å². The van der Waals surface area contributed by atoms with E-state index >= 15 is 0 Å². The van der Waals surface area contributed by atoms with E-state index in [0.717, 1.165) is 5.56 Å². The number of fused-ring (bicyclic) bond motifs is 1. The van der Waals surface area contributed by atoms with Gasteiger partial charge in [0.05, 0.1) is 0 Å². The van der Waals surface area contributed by atoms with Gasteiger partial charge in [0.1, 0.15) is 17.1 Å². The number of nitrogen functional groups attached to an aromatic ring is 1. The molecule has 3 rings (SSSR count). The van der Waals surface area contributed by atoms with Crippen molar-refractivity contribution in [1.29, 1.82) is 0 Å². The number of nitrogens with zero attached hydrogens (tertiary/aromatic N) is 2. The van der Waals surface area contributed by atoms with Crippen molar-refractivity contribution in [3.63, 3.8) is 0 Å². The van der Waals surface area contributed by atoms with Gasteiger partial charge >= 0.3 is 5.97 Å². The Hall–Kier alpha value is -2.82. The van der Waals surface area contributed by atoms with Gasteiger partial charge in [-0.2, -0.15) is 0 Å². The lowest BCUT2D eigenvalue weighted by molar-refractivity contribution is 0.0698. The van der Waals surface area contributed by atoms with Crippen LogP contribution in [0.1, 0.15) is 10.4 Å². The first-order chi connectivity index (χ1) is 9.18. The number of pyridine rings is 1. The molecule has 3 N–H and O–H groups in total. The fourth-order valence-electron chi connectivity index (χ4n) is 2.06. The number of imidazole rings is 1. The molecular formula is C14H11N3O2. The Kier molecular flexibility index (Phi) is 2.45. The summed E-state index contributed by atoms with van der Waals surface area (Å²) in [6.07, 6.45) is 1.70. The molecule has 0 aliphatic heterocycles. The van der Waals surface area contributed by atoms with Crippen LogP contribution in [-0.4, -0.2) is 20.5 Å². The molecule has 0 spiro atoms. The molecule has 0 aliphatic carbocycles. The third-order valence-electron chi connectivity index (χ3n) is 2.96. The Labute approximate surface area is 108 Å². The number of anilines is 1.